The third kappa shape index (κ3) is 5.73. The zero-order valence-electron chi connectivity index (χ0n) is 20.7. The minimum Gasteiger partial charge on any atom is -0.349 e. The lowest BCUT2D eigenvalue weighted by Crippen LogP contribution is -2.34. The highest BCUT2D eigenvalue weighted by Crippen LogP contribution is 2.42. The van der Waals surface area contributed by atoms with E-state index in [9.17, 15) is 9.59 Å². The van der Waals surface area contributed by atoms with E-state index in [0.717, 1.165) is 34.6 Å². The van der Waals surface area contributed by atoms with E-state index in [-0.39, 0.29) is 17.9 Å². The van der Waals surface area contributed by atoms with E-state index >= 15 is 0 Å². The molecule has 0 radical (unpaired) electrons. The van der Waals surface area contributed by atoms with E-state index in [0.29, 0.717) is 17.0 Å². The number of hydrogen-bond donors (Lipinski definition) is 1. The Balaban J connectivity index is 1.34. The SMILES string of the molecule is Cc1ccc(CN2C(=O)/C(=C\c3ccc(C(=O)NC4CCCCCC4)cc3)Sc3ccccc32)cc1. The van der Waals surface area contributed by atoms with Crippen LogP contribution in [-0.4, -0.2) is 17.9 Å². The van der Waals surface area contributed by atoms with Crippen LogP contribution in [0.25, 0.3) is 6.08 Å². The van der Waals surface area contributed by atoms with Crippen LogP contribution >= 0.6 is 11.8 Å². The Hall–Kier alpha value is -3.31. The van der Waals surface area contributed by atoms with Crippen molar-refractivity contribution in [2.75, 3.05) is 4.90 Å². The van der Waals surface area contributed by atoms with Crippen LogP contribution in [0.1, 0.15) is 65.6 Å². The number of hydrogen-bond acceptors (Lipinski definition) is 3. The van der Waals surface area contributed by atoms with Crippen molar-refractivity contribution >= 4 is 35.3 Å². The van der Waals surface area contributed by atoms with Crippen LogP contribution < -0.4 is 10.2 Å². The molecule has 5 heteroatoms. The van der Waals surface area contributed by atoms with Gasteiger partial charge in [-0.05, 0) is 61.2 Å². The number of anilines is 1. The molecule has 0 atom stereocenters. The molecule has 0 aromatic heterocycles. The standard InChI is InChI=1S/C31H32N2O2S/c1-22-12-14-24(15-13-22)21-33-27-10-6-7-11-28(27)36-29(31(33)35)20-23-16-18-25(19-17-23)30(34)32-26-8-4-2-3-5-9-26/h6-7,10-20,26H,2-5,8-9,21H2,1H3,(H,32,34)/b29-20+. The number of benzene rings is 3. The van der Waals surface area contributed by atoms with E-state index in [1.54, 1.807) is 0 Å². The first kappa shape index (κ1) is 24.4. The molecule has 184 valence electrons. The maximum Gasteiger partial charge on any atom is 0.265 e. The predicted octanol–water partition coefficient (Wildman–Crippen LogP) is 7.13. The minimum atomic E-state index is -0.0116. The number of amides is 2. The van der Waals surface area contributed by atoms with Crippen molar-refractivity contribution in [1.29, 1.82) is 0 Å². The Morgan fingerprint density at radius 3 is 2.36 bits per heavy atom. The number of thioether (sulfide) groups is 1. The fraction of sp³-hybridized carbons (Fsp3) is 0.290. The molecule has 1 aliphatic heterocycles. The van der Waals surface area contributed by atoms with E-state index in [4.69, 9.17) is 0 Å². The van der Waals surface area contributed by atoms with Crippen LogP contribution in [0.3, 0.4) is 0 Å². The second-order valence-electron chi connectivity index (χ2n) is 9.74. The highest BCUT2D eigenvalue weighted by atomic mass is 32.2. The third-order valence-electron chi connectivity index (χ3n) is 6.95. The number of aryl methyl sites for hydroxylation is 1. The predicted molar refractivity (Wildman–Crippen MR) is 148 cm³/mol. The molecule has 0 unspecified atom stereocenters. The molecule has 1 aliphatic carbocycles. The highest BCUT2D eigenvalue weighted by Gasteiger charge is 2.29. The summed E-state index contributed by atoms with van der Waals surface area (Å²) < 4.78 is 0. The number of fused-ring (bicyclic) bond motifs is 1. The van der Waals surface area contributed by atoms with Crippen molar-refractivity contribution < 1.29 is 9.59 Å². The second-order valence-corrected chi connectivity index (χ2v) is 10.8. The zero-order chi connectivity index (χ0) is 24.9. The van der Waals surface area contributed by atoms with Gasteiger partial charge in [0.25, 0.3) is 11.8 Å². The Kier molecular flexibility index (Phi) is 7.57. The van der Waals surface area contributed by atoms with Crippen LogP contribution in [0.15, 0.2) is 82.6 Å². The van der Waals surface area contributed by atoms with Gasteiger partial charge in [0.2, 0.25) is 0 Å². The number of nitrogens with one attached hydrogen (secondary N) is 1. The summed E-state index contributed by atoms with van der Waals surface area (Å²) in [7, 11) is 0. The van der Waals surface area contributed by atoms with Crippen molar-refractivity contribution in [1.82, 2.24) is 5.32 Å². The average molecular weight is 497 g/mol. The Morgan fingerprint density at radius 1 is 0.944 bits per heavy atom. The molecule has 0 bridgehead atoms. The summed E-state index contributed by atoms with van der Waals surface area (Å²) in [6, 6.07) is 24.2. The summed E-state index contributed by atoms with van der Waals surface area (Å²) >= 11 is 1.50. The Bertz CT molecular complexity index is 1260. The van der Waals surface area contributed by atoms with Gasteiger partial charge in [-0.1, -0.05) is 91.5 Å². The molecule has 1 N–H and O–H groups in total. The Labute approximate surface area is 217 Å². The second kappa shape index (κ2) is 11.2. The third-order valence-corrected chi connectivity index (χ3v) is 8.03. The quantitative estimate of drug-likeness (QED) is 0.302. The van der Waals surface area contributed by atoms with Gasteiger partial charge in [-0.15, -0.1) is 0 Å². The molecule has 2 amide bonds. The molecule has 0 spiro atoms. The first-order valence-corrected chi connectivity index (χ1v) is 13.7. The zero-order valence-corrected chi connectivity index (χ0v) is 21.5. The molecule has 1 fully saturated rings. The molecule has 4 nitrogen and oxygen atoms in total. The van der Waals surface area contributed by atoms with Crippen molar-refractivity contribution in [3.05, 3.63) is 100.0 Å². The molecule has 3 aromatic carbocycles. The van der Waals surface area contributed by atoms with Gasteiger partial charge in [0.15, 0.2) is 0 Å². The summed E-state index contributed by atoms with van der Waals surface area (Å²) in [4.78, 5) is 29.9. The highest BCUT2D eigenvalue weighted by molar-refractivity contribution is 8.04. The van der Waals surface area contributed by atoms with Gasteiger partial charge in [0.1, 0.15) is 0 Å². The van der Waals surface area contributed by atoms with Gasteiger partial charge in [-0.3, -0.25) is 9.59 Å². The molecule has 2 aliphatic rings. The number of para-hydroxylation sites is 1. The van der Waals surface area contributed by atoms with E-state index in [2.05, 4.69) is 42.6 Å². The maximum atomic E-state index is 13.6. The number of carbonyl (C=O) groups excluding carboxylic acids is 2. The summed E-state index contributed by atoms with van der Waals surface area (Å²) in [6.45, 7) is 2.59. The molecule has 1 saturated carbocycles. The summed E-state index contributed by atoms with van der Waals surface area (Å²) in [5.41, 5.74) is 4.81. The van der Waals surface area contributed by atoms with Crippen molar-refractivity contribution in [3.63, 3.8) is 0 Å². The van der Waals surface area contributed by atoms with Crippen molar-refractivity contribution in [2.45, 2.75) is 62.9 Å². The van der Waals surface area contributed by atoms with E-state index < -0.39 is 0 Å². The smallest absolute Gasteiger partial charge is 0.265 e. The number of carbonyl (C=O) groups is 2. The van der Waals surface area contributed by atoms with E-state index in [1.165, 1.54) is 43.0 Å². The van der Waals surface area contributed by atoms with Gasteiger partial charge < -0.3 is 10.2 Å². The summed E-state index contributed by atoms with van der Waals surface area (Å²) in [5, 5.41) is 3.21. The van der Waals surface area contributed by atoms with Gasteiger partial charge in [0, 0.05) is 16.5 Å². The lowest BCUT2D eigenvalue weighted by Gasteiger charge is -2.30. The summed E-state index contributed by atoms with van der Waals surface area (Å²) in [5.74, 6) is -0.0168. The van der Waals surface area contributed by atoms with Gasteiger partial charge in [-0.2, -0.15) is 0 Å². The monoisotopic (exact) mass is 496 g/mol. The first-order valence-electron chi connectivity index (χ1n) is 12.8. The van der Waals surface area contributed by atoms with Crippen molar-refractivity contribution in [3.8, 4) is 0 Å². The number of rotatable bonds is 5. The molecular formula is C31H32N2O2S. The van der Waals surface area contributed by atoms with Crippen LogP contribution in [-0.2, 0) is 11.3 Å². The molecule has 1 heterocycles. The molecular weight excluding hydrogens is 464 g/mol. The van der Waals surface area contributed by atoms with Gasteiger partial charge in [-0.25, -0.2) is 0 Å². The van der Waals surface area contributed by atoms with Crippen LogP contribution in [0, 0.1) is 6.92 Å². The Morgan fingerprint density at radius 2 is 1.64 bits per heavy atom. The fourth-order valence-electron chi connectivity index (χ4n) is 4.87. The summed E-state index contributed by atoms with van der Waals surface area (Å²) in [6.07, 6.45) is 8.96. The lowest BCUT2D eigenvalue weighted by atomic mass is 10.1. The molecule has 36 heavy (non-hydrogen) atoms. The van der Waals surface area contributed by atoms with Crippen molar-refractivity contribution in [2.24, 2.45) is 0 Å². The van der Waals surface area contributed by atoms with Gasteiger partial charge >= 0.3 is 0 Å². The molecule has 5 rings (SSSR count). The minimum absolute atomic E-state index is 0.00513. The normalized spacial score (nSPS) is 17.5. The maximum absolute atomic E-state index is 13.6. The van der Waals surface area contributed by atoms with E-state index in [1.807, 2.05) is 53.4 Å². The van der Waals surface area contributed by atoms with Crippen LogP contribution in [0.2, 0.25) is 0 Å². The molecule has 0 saturated heterocycles. The van der Waals surface area contributed by atoms with Crippen LogP contribution in [0.4, 0.5) is 5.69 Å². The number of nitrogens with zero attached hydrogens (tertiary/aromatic N) is 1. The topological polar surface area (TPSA) is 49.4 Å². The van der Waals surface area contributed by atoms with Gasteiger partial charge in [0.05, 0.1) is 17.1 Å². The lowest BCUT2D eigenvalue weighted by molar-refractivity contribution is -0.114. The largest absolute Gasteiger partial charge is 0.349 e. The first-order chi connectivity index (χ1) is 17.6. The fourth-order valence-corrected chi connectivity index (χ4v) is 5.93. The average Bonchev–Trinajstić information content (AvgIpc) is 3.17. The van der Waals surface area contributed by atoms with Crippen LogP contribution in [0.5, 0.6) is 0 Å². The molecule has 3 aromatic rings.